The molecule has 1 fully saturated rings. The van der Waals surface area contributed by atoms with Gasteiger partial charge in [0.2, 0.25) is 5.91 Å². The maximum atomic E-state index is 12.6. The van der Waals surface area contributed by atoms with E-state index in [0.29, 0.717) is 5.82 Å². The van der Waals surface area contributed by atoms with Gasteiger partial charge >= 0.3 is 0 Å². The number of carbonyl (C=O) groups excluding carboxylic acids is 1. The van der Waals surface area contributed by atoms with Gasteiger partial charge in [0.05, 0.1) is 18.8 Å². The summed E-state index contributed by atoms with van der Waals surface area (Å²) in [6, 6.07) is 1.92. The third-order valence-electron chi connectivity index (χ3n) is 3.87. The number of nitrogens with zero attached hydrogens (tertiary/aromatic N) is 5. The van der Waals surface area contributed by atoms with Crippen LogP contribution in [-0.4, -0.2) is 46.1 Å². The summed E-state index contributed by atoms with van der Waals surface area (Å²) in [5.41, 5.74) is 0.838. The van der Waals surface area contributed by atoms with E-state index in [1.165, 1.54) is 0 Å². The van der Waals surface area contributed by atoms with Crippen molar-refractivity contribution in [3.63, 3.8) is 0 Å². The Balaban J connectivity index is 1.69. The zero-order chi connectivity index (χ0) is 15.5. The van der Waals surface area contributed by atoms with E-state index >= 15 is 0 Å². The van der Waals surface area contributed by atoms with Crippen LogP contribution in [0.5, 0.6) is 0 Å². The Kier molecular flexibility index (Phi) is 4.04. The van der Waals surface area contributed by atoms with Gasteiger partial charge in [-0.25, -0.2) is 4.98 Å². The zero-order valence-electron chi connectivity index (χ0n) is 12.8. The van der Waals surface area contributed by atoms with Crippen molar-refractivity contribution in [1.82, 2.24) is 20.0 Å². The number of aryl methyl sites for hydroxylation is 1. The van der Waals surface area contributed by atoms with Crippen LogP contribution in [0.2, 0.25) is 0 Å². The highest BCUT2D eigenvalue weighted by Crippen LogP contribution is 2.31. The summed E-state index contributed by atoms with van der Waals surface area (Å²) >= 11 is 0. The monoisotopic (exact) mass is 301 g/mol. The molecule has 0 radical (unpaired) electrons. The van der Waals surface area contributed by atoms with Crippen molar-refractivity contribution in [2.45, 2.75) is 25.8 Å². The standard InChI is InChI=1S/C15H19N5O2/c1-11-8-12(18-22-11)13-4-3-7-20(13)15(21)10-19(2)14-9-16-5-6-17-14/h5-6,8-9,13H,3-4,7,10H2,1-2H3. The normalized spacial score (nSPS) is 17.7. The number of carbonyl (C=O) groups is 1. The maximum absolute atomic E-state index is 12.6. The summed E-state index contributed by atoms with van der Waals surface area (Å²) in [5.74, 6) is 1.52. The second-order valence-electron chi connectivity index (χ2n) is 5.53. The SMILES string of the molecule is Cc1cc(C2CCCN2C(=O)CN(C)c2cnccn2)no1. The summed E-state index contributed by atoms with van der Waals surface area (Å²) in [6.07, 6.45) is 6.79. The second kappa shape index (κ2) is 6.13. The molecule has 0 aromatic carbocycles. The molecule has 1 aliphatic rings. The number of anilines is 1. The van der Waals surface area contributed by atoms with E-state index in [0.717, 1.165) is 30.8 Å². The predicted octanol–water partition coefficient (Wildman–Crippen LogP) is 1.57. The average molecular weight is 301 g/mol. The Morgan fingerprint density at radius 2 is 2.36 bits per heavy atom. The minimum absolute atomic E-state index is 0.0141. The molecule has 22 heavy (non-hydrogen) atoms. The third kappa shape index (κ3) is 2.93. The van der Waals surface area contributed by atoms with Crippen LogP contribution in [0.4, 0.5) is 5.82 Å². The van der Waals surface area contributed by atoms with Crippen LogP contribution in [0.1, 0.15) is 30.3 Å². The predicted molar refractivity (Wildman–Crippen MR) is 80.2 cm³/mol. The van der Waals surface area contributed by atoms with Crippen molar-refractivity contribution in [3.05, 3.63) is 36.1 Å². The highest BCUT2D eigenvalue weighted by Gasteiger charge is 2.32. The molecule has 1 amide bonds. The molecule has 3 heterocycles. The molecule has 0 bridgehead atoms. The van der Waals surface area contributed by atoms with Gasteiger partial charge in [-0.15, -0.1) is 0 Å². The molecule has 1 atom stereocenters. The van der Waals surface area contributed by atoms with Crippen LogP contribution in [0, 0.1) is 6.92 Å². The second-order valence-corrected chi connectivity index (χ2v) is 5.53. The molecule has 0 spiro atoms. The minimum atomic E-state index is 0.0141. The molecule has 2 aromatic rings. The van der Waals surface area contributed by atoms with E-state index in [9.17, 15) is 4.79 Å². The molecule has 1 aliphatic heterocycles. The maximum Gasteiger partial charge on any atom is 0.242 e. The Labute approximate surface area is 128 Å². The highest BCUT2D eigenvalue weighted by atomic mass is 16.5. The number of likely N-dealkylation sites (tertiary alicyclic amines) is 1. The largest absolute Gasteiger partial charge is 0.361 e. The average Bonchev–Trinajstić information content (AvgIpc) is 3.16. The summed E-state index contributed by atoms with van der Waals surface area (Å²) in [5, 5.41) is 4.06. The Bertz CT molecular complexity index is 642. The van der Waals surface area contributed by atoms with Crippen LogP contribution < -0.4 is 4.90 Å². The molecule has 7 nitrogen and oxygen atoms in total. The van der Waals surface area contributed by atoms with Crippen molar-refractivity contribution in [3.8, 4) is 0 Å². The first kappa shape index (κ1) is 14.5. The van der Waals surface area contributed by atoms with E-state index in [1.807, 2.05) is 24.9 Å². The molecule has 1 saturated heterocycles. The van der Waals surface area contributed by atoms with Crippen LogP contribution in [0.15, 0.2) is 29.2 Å². The summed E-state index contributed by atoms with van der Waals surface area (Å²) in [7, 11) is 1.84. The van der Waals surface area contributed by atoms with Gasteiger partial charge in [-0.05, 0) is 19.8 Å². The molecule has 0 N–H and O–H groups in total. The smallest absolute Gasteiger partial charge is 0.242 e. The molecule has 3 rings (SSSR count). The lowest BCUT2D eigenvalue weighted by Crippen LogP contribution is -2.39. The van der Waals surface area contributed by atoms with Gasteiger partial charge in [-0.2, -0.15) is 0 Å². The first-order valence-corrected chi connectivity index (χ1v) is 7.35. The molecule has 7 heteroatoms. The van der Waals surface area contributed by atoms with E-state index in [1.54, 1.807) is 23.5 Å². The van der Waals surface area contributed by atoms with Gasteiger partial charge in [-0.3, -0.25) is 9.78 Å². The number of rotatable bonds is 4. The van der Waals surface area contributed by atoms with E-state index in [-0.39, 0.29) is 18.5 Å². The summed E-state index contributed by atoms with van der Waals surface area (Å²) in [6.45, 7) is 2.88. The van der Waals surface area contributed by atoms with E-state index in [2.05, 4.69) is 15.1 Å². The molecule has 1 unspecified atom stereocenters. The van der Waals surface area contributed by atoms with E-state index in [4.69, 9.17) is 4.52 Å². The Morgan fingerprint density at radius 1 is 1.50 bits per heavy atom. The van der Waals surface area contributed by atoms with Crippen LogP contribution in [0.3, 0.4) is 0 Å². The van der Waals surface area contributed by atoms with Crippen LogP contribution in [-0.2, 0) is 4.79 Å². The van der Waals surface area contributed by atoms with Crippen LogP contribution in [0.25, 0.3) is 0 Å². The highest BCUT2D eigenvalue weighted by molar-refractivity contribution is 5.81. The lowest BCUT2D eigenvalue weighted by molar-refractivity contribution is -0.130. The quantitative estimate of drug-likeness (QED) is 0.853. The zero-order valence-corrected chi connectivity index (χ0v) is 12.8. The number of hydrogen-bond acceptors (Lipinski definition) is 6. The van der Waals surface area contributed by atoms with Gasteiger partial charge in [0.25, 0.3) is 0 Å². The van der Waals surface area contributed by atoms with Gasteiger partial charge < -0.3 is 14.3 Å². The van der Waals surface area contributed by atoms with E-state index < -0.39 is 0 Å². The summed E-state index contributed by atoms with van der Waals surface area (Å²) in [4.78, 5) is 24.5. The van der Waals surface area contributed by atoms with Crippen molar-refractivity contribution in [2.75, 3.05) is 25.0 Å². The van der Waals surface area contributed by atoms with Crippen molar-refractivity contribution < 1.29 is 9.32 Å². The lowest BCUT2D eigenvalue weighted by atomic mass is 10.1. The molecular weight excluding hydrogens is 282 g/mol. The summed E-state index contributed by atoms with van der Waals surface area (Å²) < 4.78 is 5.14. The number of amides is 1. The van der Waals surface area contributed by atoms with Crippen molar-refractivity contribution in [2.24, 2.45) is 0 Å². The fourth-order valence-electron chi connectivity index (χ4n) is 2.78. The van der Waals surface area contributed by atoms with Gasteiger partial charge in [0.1, 0.15) is 17.3 Å². The van der Waals surface area contributed by atoms with Gasteiger partial charge in [0.15, 0.2) is 0 Å². The molecular formula is C15H19N5O2. The van der Waals surface area contributed by atoms with Gasteiger partial charge in [-0.1, -0.05) is 5.16 Å². The topological polar surface area (TPSA) is 75.4 Å². The first-order valence-electron chi connectivity index (χ1n) is 7.35. The van der Waals surface area contributed by atoms with Crippen molar-refractivity contribution in [1.29, 1.82) is 0 Å². The first-order chi connectivity index (χ1) is 10.6. The Hall–Kier alpha value is -2.44. The minimum Gasteiger partial charge on any atom is -0.361 e. The van der Waals surface area contributed by atoms with Gasteiger partial charge in [0, 0.05) is 32.1 Å². The van der Waals surface area contributed by atoms with Crippen molar-refractivity contribution >= 4 is 11.7 Å². The fraction of sp³-hybridized carbons (Fsp3) is 0.467. The molecule has 2 aromatic heterocycles. The Morgan fingerprint density at radius 3 is 3.05 bits per heavy atom. The lowest BCUT2D eigenvalue weighted by Gasteiger charge is -2.26. The fourth-order valence-corrected chi connectivity index (χ4v) is 2.78. The third-order valence-corrected chi connectivity index (χ3v) is 3.87. The van der Waals surface area contributed by atoms with Crippen LogP contribution >= 0.6 is 0 Å². The number of hydrogen-bond donors (Lipinski definition) is 0. The molecule has 0 saturated carbocycles. The number of aromatic nitrogens is 3. The molecule has 0 aliphatic carbocycles. The molecule has 116 valence electrons. The number of likely N-dealkylation sites (N-methyl/N-ethyl adjacent to an activating group) is 1.